The van der Waals surface area contributed by atoms with Gasteiger partial charge in [0.2, 0.25) is 0 Å². The van der Waals surface area contributed by atoms with Gasteiger partial charge in [0.1, 0.15) is 5.82 Å². The average molecular weight is 564 g/mol. The van der Waals surface area contributed by atoms with E-state index in [0.717, 1.165) is 55.5 Å². The van der Waals surface area contributed by atoms with E-state index >= 15 is 0 Å². The zero-order valence-electron chi connectivity index (χ0n) is 23.7. The van der Waals surface area contributed by atoms with Crippen LogP contribution < -0.4 is 0 Å². The van der Waals surface area contributed by atoms with Crippen LogP contribution in [0, 0.1) is 0 Å². The predicted octanol–water partition coefficient (Wildman–Crippen LogP) is 9.40. The summed E-state index contributed by atoms with van der Waals surface area (Å²) < 4.78 is 4.48. The van der Waals surface area contributed by atoms with Crippen molar-refractivity contribution in [3.63, 3.8) is 0 Å². The van der Waals surface area contributed by atoms with E-state index in [0.29, 0.717) is 5.82 Å². The lowest BCUT2D eigenvalue weighted by Crippen LogP contribution is -2.00. The molecular weight excluding hydrogens is 538 g/mol. The van der Waals surface area contributed by atoms with E-state index < -0.39 is 0 Å². The molecule has 44 heavy (non-hydrogen) atoms. The Morgan fingerprint density at radius 1 is 0.455 bits per heavy atom. The summed E-state index contributed by atoms with van der Waals surface area (Å²) >= 11 is 0. The third-order valence-electron chi connectivity index (χ3n) is 8.50. The van der Waals surface area contributed by atoms with Crippen LogP contribution in [0.25, 0.3) is 77.5 Å². The van der Waals surface area contributed by atoms with E-state index in [1.807, 2.05) is 55.0 Å². The second kappa shape index (κ2) is 9.75. The predicted molar refractivity (Wildman–Crippen MR) is 179 cm³/mol. The largest absolute Gasteiger partial charge is 0.306 e. The average Bonchev–Trinajstić information content (AvgIpc) is 3.66. The maximum absolute atomic E-state index is 5.05. The van der Waals surface area contributed by atoms with Crippen LogP contribution in [0.5, 0.6) is 0 Å². The maximum Gasteiger partial charge on any atom is 0.159 e. The second-order valence-electron chi connectivity index (χ2n) is 11.0. The summed E-state index contributed by atoms with van der Waals surface area (Å²) in [5.74, 6) is 1.62. The van der Waals surface area contributed by atoms with Crippen LogP contribution >= 0.6 is 0 Å². The highest BCUT2D eigenvalue weighted by molar-refractivity contribution is 6.13. The number of rotatable bonds is 4. The van der Waals surface area contributed by atoms with Gasteiger partial charge in [-0.2, -0.15) is 0 Å². The number of hydrogen-bond donors (Lipinski definition) is 0. The van der Waals surface area contributed by atoms with Gasteiger partial charge in [-0.1, -0.05) is 103 Å². The summed E-state index contributed by atoms with van der Waals surface area (Å²) in [5.41, 5.74) is 7.51. The third kappa shape index (κ3) is 3.76. The molecule has 5 aromatic carbocycles. The Morgan fingerprint density at radius 2 is 1.11 bits per heavy atom. The van der Waals surface area contributed by atoms with Gasteiger partial charge in [-0.15, -0.1) is 0 Å². The minimum absolute atomic E-state index is 0.711. The number of benzene rings is 5. The molecule has 0 aliphatic rings. The molecule has 9 rings (SSSR count). The zero-order valence-corrected chi connectivity index (χ0v) is 23.7. The Bertz CT molecular complexity index is 2470. The molecule has 0 radical (unpaired) electrons. The van der Waals surface area contributed by atoms with E-state index in [1.54, 1.807) is 0 Å². The Labute approximate surface area is 253 Å². The number of pyridine rings is 1. The van der Waals surface area contributed by atoms with Gasteiger partial charge in [0.05, 0.1) is 34.6 Å². The fraction of sp³-hybridized carbons (Fsp3) is 0. The summed E-state index contributed by atoms with van der Waals surface area (Å²) in [6, 6.07) is 44.4. The van der Waals surface area contributed by atoms with Crippen molar-refractivity contribution in [1.29, 1.82) is 0 Å². The Morgan fingerprint density at radius 3 is 1.89 bits per heavy atom. The summed E-state index contributed by atoms with van der Waals surface area (Å²) in [7, 11) is 0. The van der Waals surface area contributed by atoms with Gasteiger partial charge in [-0.3, -0.25) is 0 Å². The molecule has 5 nitrogen and oxygen atoms in total. The normalized spacial score (nSPS) is 11.6. The molecule has 0 fully saturated rings. The van der Waals surface area contributed by atoms with Gasteiger partial charge in [-0.05, 0) is 35.2 Å². The zero-order chi connectivity index (χ0) is 29.0. The molecular formula is C39H25N5. The monoisotopic (exact) mass is 563 g/mol. The molecule has 0 atom stereocenters. The van der Waals surface area contributed by atoms with Crippen LogP contribution in [0.2, 0.25) is 0 Å². The lowest BCUT2D eigenvalue weighted by molar-refractivity contribution is 1.06. The second-order valence-corrected chi connectivity index (χ2v) is 11.0. The third-order valence-corrected chi connectivity index (χ3v) is 8.50. The van der Waals surface area contributed by atoms with Crippen LogP contribution in [0.4, 0.5) is 0 Å². The number of hydrogen-bond acceptors (Lipinski definition) is 3. The molecule has 9 aromatic rings. The van der Waals surface area contributed by atoms with E-state index in [4.69, 9.17) is 15.0 Å². The highest BCUT2D eigenvalue weighted by Gasteiger charge is 2.17. The number of para-hydroxylation sites is 1. The molecule has 0 unspecified atom stereocenters. The minimum Gasteiger partial charge on any atom is -0.306 e. The first kappa shape index (κ1) is 24.5. The molecule has 4 aromatic heterocycles. The molecule has 0 saturated heterocycles. The Balaban J connectivity index is 1.26. The van der Waals surface area contributed by atoms with Crippen molar-refractivity contribution in [3.8, 4) is 34.0 Å². The van der Waals surface area contributed by atoms with Gasteiger partial charge < -0.3 is 9.13 Å². The first-order chi connectivity index (χ1) is 21.8. The van der Waals surface area contributed by atoms with E-state index in [1.165, 1.54) is 16.2 Å². The smallest absolute Gasteiger partial charge is 0.159 e. The summed E-state index contributed by atoms with van der Waals surface area (Å²) in [5, 5.41) is 5.83. The number of nitrogens with zero attached hydrogens (tertiary/aromatic N) is 5. The first-order valence-corrected chi connectivity index (χ1v) is 14.7. The van der Waals surface area contributed by atoms with Crippen LogP contribution in [0.3, 0.4) is 0 Å². The molecule has 0 aliphatic heterocycles. The van der Waals surface area contributed by atoms with E-state index in [9.17, 15) is 0 Å². The number of aromatic nitrogens is 5. The standard InChI is InChI=1S/C39H25N5/c1-3-11-26(12-4-1)34-25-42-39(32-17-8-7-15-30(32)34)43-20-19-28-21-33-31-16-9-10-18-35(31)44(37(33)22-36(28)43)29-23-40-38(41-24-29)27-13-5-2-6-14-27/h1-25H. The van der Waals surface area contributed by atoms with Crippen molar-refractivity contribution < 1.29 is 0 Å². The van der Waals surface area contributed by atoms with E-state index in [2.05, 4.69) is 106 Å². The van der Waals surface area contributed by atoms with Crippen LogP contribution in [-0.4, -0.2) is 24.1 Å². The van der Waals surface area contributed by atoms with Crippen molar-refractivity contribution in [3.05, 3.63) is 152 Å². The molecule has 0 bridgehead atoms. The lowest BCUT2D eigenvalue weighted by Gasteiger charge is -2.13. The lowest BCUT2D eigenvalue weighted by atomic mass is 10.0. The summed E-state index contributed by atoms with van der Waals surface area (Å²) in [6.07, 6.45) is 7.97. The fourth-order valence-corrected chi connectivity index (χ4v) is 6.45. The number of fused-ring (bicyclic) bond motifs is 5. The Kier molecular flexibility index (Phi) is 5.43. The van der Waals surface area contributed by atoms with Crippen molar-refractivity contribution in [2.75, 3.05) is 0 Å². The van der Waals surface area contributed by atoms with Crippen molar-refractivity contribution in [2.45, 2.75) is 0 Å². The molecule has 0 amide bonds. The van der Waals surface area contributed by atoms with Gasteiger partial charge in [0, 0.05) is 45.1 Å². The summed E-state index contributed by atoms with van der Waals surface area (Å²) in [6.45, 7) is 0. The minimum atomic E-state index is 0.711. The van der Waals surface area contributed by atoms with Crippen molar-refractivity contribution in [2.24, 2.45) is 0 Å². The SMILES string of the molecule is c1ccc(-c2ncc(-n3c4ccccc4c4cc5ccn(-c6ncc(-c7ccccc7)c7ccccc67)c5cc43)cn2)cc1. The van der Waals surface area contributed by atoms with Crippen LogP contribution in [0.1, 0.15) is 0 Å². The summed E-state index contributed by atoms with van der Waals surface area (Å²) in [4.78, 5) is 14.6. The topological polar surface area (TPSA) is 48.5 Å². The molecule has 0 N–H and O–H groups in total. The van der Waals surface area contributed by atoms with Crippen LogP contribution in [0.15, 0.2) is 152 Å². The molecule has 0 aliphatic carbocycles. The van der Waals surface area contributed by atoms with Crippen molar-refractivity contribution in [1.82, 2.24) is 24.1 Å². The van der Waals surface area contributed by atoms with Gasteiger partial charge in [-0.25, -0.2) is 15.0 Å². The quantitative estimate of drug-likeness (QED) is 0.214. The van der Waals surface area contributed by atoms with Crippen molar-refractivity contribution >= 4 is 43.5 Å². The maximum atomic E-state index is 5.05. The molecule has 4 heterocycles. The van der Waals surface area contributed by atoms with Gasteiger partial charge in [0.25, 0.3) is 0 Å². The van der Waals surface area contributed by atoms with Crippen LogP contribution in [-0.2, 0) is 0 Å². The Hall–Kier alpha value is -6.07. The molecule has 0 spiro atoms. The van der Waals surface area contributed by atoms with Gasteiger partial charge in [0.15, 0.2) is 5.82 Å². The molecule has 5 heteroatoms. The molecule has 206 valence electrons. The first-order valence-electron chi connectivity index (χ1n) is 14.7. The highest BCUT2D eigenvalue weighted by atomic mass is 15.1. The molecule has 0 saturated carbocycles. The highest BCUT2D eigenvalue weighted by Crippen LogP contribution is 2.37. The fourth-order valence-electron chi connectivity index (χ4n) is 6.45. The van der Waals surface area contributed by atoms with E-state index in [-0.39, 0.29) is 0 Å². The van der Waals surface area contributed by atoms with Gasteiger partial charge >= 0.3 is 0 Å².